The Morgan fingerprint density at radius 1 is 1.41 bits per heavy atom. The molecule has 1 aliphatic rings. The molecule has 0 spiro atoms. The number of nitrogens with zero attached hydrogens (tertiary/aromatic N) is 2. The van der Waals surface area contributed by atoms with Gasteiger partial charge in [0.1, 0.15) is 5.69 Å². The van der Waals surface area contributed by atoms with Gasteiger partial charge in [0.25, 0.3) is 0 Å². The average Bonchev–Trinajstić information content (AvgIpc) is 2.28. The van der Waals surface area contributed by atoms with Crippen molar-refractivity contribution in [2.45, 2.75) is 26.1 Å². The molecule has 0 amide bonds. The summed E-state index contributed by atoms with van der Waals surface area (Å²) in [7, 11) is 0. The maximum absolute atomic E-state index is 10.7. The molecular weight excluding hydrogens is 220 g/mol. The minimum atomic E-state index is -1.000. The molecule has 5 nitrogen and oxygen atoms in total. The third-order valence-electron chi connectivity index (χ3n) is 2.75. The quantitative estimate of drug-likeness (QED) is 0.840. The molecule has 0 bridgehead atoms. The maximum atomic E-state index is 10.7. The number of aromatic carboxylic acids is 1. The minimum Gasteiger partial charge on any atom is -0.477 e. The smallest absolute Gasteiger partial charge is 0.354 e. The molecule has 1 aliphatic heterocycles. The lowest BCUT2D eigenvalue weighted by Crippen LogP contribution is -2.45. The number of morpholine rings is 1. The van der Waals surface area contributed by atoms with Gasteiger partial charge in [-0.25, -0.2) is 9.78 Å². The Hall–Kier alpha value is -1.62. The highest BCUT2D eigenvalue weighted by atomic mass is 16.5. The molecule has 1 N–H and O–H groups in total. The number of hydrogen-bond donors (Lipinski definition) is 1. The summed E-state index contributed by atoms with van der Waals surface area (Å²) in [6, 6.07) is 3.32. The zero-order valence-corrected chi connectivity index (χ0v) is 9.96. The number of carboxylic acids is 1. The second-order valence-electron chi connectivity index (χ2n) is 4.37. The maximum Gasteiger partial charge on any atom is 0.354 e. The molecule has 1 aromatic heterocycles. The summed E-state index contributed by atoms with van der Waals surface area (Å²) >= 11 is 0. The predicted octanol–water partition coefficient (Wildman–Crippen LogP) is 1.39. The number of aromatic nitrogens is 1. The summed E-state index contributed by atoms with van der Waals surface area (Å²) in [5.74, 6) is -1.000. The van der Waals surface area contributed by atoms with Crippen molar-refractivity contribution in [3.8, 4) is 0 Å². The Morgan fingerprint density at radius 3 is 2.53 bits per heavy atom. The monoisotopic (exact) mass is 236 g/mol. The number of hydrogen-bond acceptors (Lipinski definition) is 4. The third-order valence-corrected chi connectivity index (χ3v) is 2.75. The van der Waals surface area contributed by atoms with E-state index in [9.17, 15) is 4.79 Å². The molecule has 2 heterocycles. The van der Waals surface area contributed by atoms with Crippen LogP contribution in [0.25, 0.3) is 0 Å². The van der Waals surface area contributed by atoms with Crippen LogP contribution in [0.5, 0.6) is 0 Å². The molecular formula is C12H16N2O3. The van der Waals surface area contributed by atoms with E-state index in [1.807, 2.05) is 13.8 Å². The lowest BCUT2D eigenvalue weighted by Gasteiger charge is -2.36. The highest BCUT2D eigenvalue weighted by Crippen LogP contribution is 2.19. The fourth-order valence-electron chi connectivity index (χ4n) is 2.09. The van der Waals surface area contributed by atoms with Crippen LogP contribution >= 0.6 is 0 Å². The molecule has 1 fully saturated rings. The third kappa shape index (κ3) is 2.74. The van der Waals surface area contributed by atoms with Crippen LogP contribution in [-0.4, -0.2) is 41.4 Å². The molecule has 17 heavy (non-hydrogen) atoms. The van der Waals surface area contributed by atoms with Crippen molar-refractivity contribution in [2.75, 3.05) is 18.0 Å². The van der Waals surface area contributed by atoms with Gasteiger partial charge in [-0.1, -0.05) is 0 Å². The van der Waals surface area contributed by atoms with Crippen LogP contribution in [0.3, 0.4) is 0 Å². The molecule has 0 saturated carbocycles. The first-order valence-electron chi connectivity index (χ1n) is 5.66. The first-order valence-corrected chi connectivity index (χ1v) is 5.66. The van der Waals surface area contributed by atoms with Gasteiger partial charge in [-0.2, -0.15) is 0 Å². The van der Waals surface area contributed by atoms with Gasteiger partial charge in [-0.3, -0.25) is 0 Å². The number of pyridine rings is 1. The molecule has 5 heteroatoms. The topological polar surface area (TPSA) is 62.7 Å². The predicted molar refractivity (Wildman–Crippen MR) is 63.4 cm³/mol. The highest BCUT2D eigenvalue weighted by Gasteiger charge is 2.22. The van der Waals surface area contributed by atoms with Gasteiger partial charge in [0.05, 0.1) is 24.1 Å². The van der Waals surface area contributed by atoms with Crippen molar-refractivity contribution < 1.29 is 14.6 Å². The van der Waals surface area contributed by atoms with Crippen LogP contribution in [0.2, 0.25) is 0 Å². The van der Waals surface area contributed by atoms with E-state index in [0.717, 1.165) is 18.8 Å². The summed E-state index contributed by atoms with van der Waals surface area (Å²) in [5.41, 5.74) is 1.01. The van der Waals surface area contributed by atoms with Crippen LogP contribution in [0.1, 0.15) is 24.3 Å². The standard InChI is InChI=1S/C12H16N2O3/c1-8-6-14(7-9(2)17-8)10-3-4-11(12(15)16)13-5-10/h3-5,8-9H,6-7H2,1-2H3,(H,15,16)/t8-,9+. The van der Waals surface area contributed by atoms with Crippen molar-refractivity contribution >= 4 is 11.7 Å². The van der Waals surface area contributed by atoms with Gasteiger partial charge in [-0.05, 0) is 26.0 Å². The number of carboxylic acid groups (broad SMARTS) is 1. The van der Waals surface area contributed by atoms with Gasteiger partial charge < -0.3 is 14.7 Å². The fraction of sp³-hybridized carbons (Fsp3) is 0.500. The Morgan fingerprint density at radius 2 is 2.06 bits per heavy atom. The lowest BCUT2D eigenvalue weighted by molar-refractivity contribution is -0.00524. The van der Waals surface area contributed by atoms with Crippen LogP contribution in [0.4, 0.5) is 5.69 Å². The zero-order valence-electron chi connectivity index (χ0n) is 9.96. The van der Waals surface area contributed by atoms with Gasteiger partial charge in [-0.15, -0.1) is 0 Å². The van der Waals surface area contributed by atoms with E-state index in [4.69, 9.17) is 9.84 Å². The van der Waals surface area contributed by atoms with E-state index in [2.05, 4.69) is 9.88 Å². The Bertz CT molecular complexity index is 395. The van der Waals surface area contributed by atoms with Crippen LogP contribution < -0.4 is 4.90 Å². The summed E-state index contributed by atoms with van der Waals surface area (Å²) < 4.78 is 5.64. The Kier molecular flexibility index (Phi) is 3.28. The van der Waals surface area contributed by atoms with Crippen molar-refractivity contribution in [2.24, 2.45) is 0 Å². The van der Waals surface area contributed by atoms with E-state index >= 15 is 0 Å². The molecule has 92 valence electrons. The first-order chi connectivity index (χ1) is 8.06. The number of rotatable bonds is 2. The van der Waals surface area contributed by atoms with Gasteiger partial charge >= 0.3 is 5.97 Å². The van der Waals surface area contributed by atoms with Crippen LogP contribution in [0, 0.1) is 0 Å². The second-order valence-corrected chi connectivity index (χ2v) is 4.37. The molecule has 2 rings (SSSR count). The van der Waals surface area contributed by atoms with E-state index in [1.54, 1.807) is 12.3 Å². The molecule has 0 aromatic carbocycles. The molecule has 0 unspecified atom stereocenters. The van der Waals surface area contributed by atoms with E-state index in [0.29, 0.717) is 0 Å². The molecule has 1 saturated heterocycles. The minimum absolute atomic E-state index is 0.0723. The van der Waals surface area contributed by atoms with Crippen LogP contribution in [0.15, 0.2) is 18.3 Å². The Balaban J connectivity index is 2.14. The Labute approximate surface area is 100 Å². The zero-order chi connectivity index (χ0) is 12.4. The van der Waals surface area contributed by atoms with Gasteiger partial charge in [0, 0.05) is 13.1 Å². The van der Waals surface area contributed by atoms with E-state index < -0.39 is 5.97 Å². The summed E-state index contributed by atoms with van der Waals surface area (Å²) in [6.45, 7) is 5.67. The normalized spacial score (nSPS) is 24.7. The van der Waals surface area contributed by atoms with Crippen molar-refractivity contribution in [3.63, 3.8) is 0 Å². The molecule has 2 atom stereocenters. The average molecular weight is 236 g/mol. The first kappa shape index (κ1) is 11.9. The van der Waals surface area contributed by atoms with Crippen molar-refractivity contribution in [1.29, 1.82) is 0 Å². The molecule has 1 aromatic rings. The summed E-state index contributed by atoms with van der Waals surface area (Å²) in [6.07, 6.45) is 1.96. The number of carbonyl (C=O) groups is 1. The second kappa shape index (κ2) is 4.71. The van der Waals surface area contributed by atoms with Gasteiger partial charge in [0.15, 0.2) is 0 Å². The largest absolute Gasteiger partial charge is 0.477 e. The van der Waals surface area contributed by atoms with E-state index in [-0.39, 0.29) is 17.9 Å². The number of ether oxygens (including phenoxy) is 1. The van der Waals surface area contributed by atoms with E-state index in [1.165, 1.54) is 6.07 Å². The van der Waals surface area contributed by atoms with Crippen molar-refractivity contribution in [1.82, 2.24) is 4.98 Å². The van der Waals surface area contributed by atoms with Gasteiger partial charge in [0.2, 0.25) is 0 Å². The van der Waals surface area contributed by atoms with Crippen LogP contribution in [-0.2, 0) is 4.74 Å². The molecule has 0 aliphatic carbocycles. The SMILES string of the molecule is C[C@@H]1CN(c2ccc(C(=O)O)nc2)C[C@H](C)O1. The lowest BCUT2D eigenvalue weighted by atomic mass is 10.2. The highest BCUT2D eigenvalue weighted by molar-refractivity contribution is 5.85. The number of anilines is 1. The van der Waals surface area contributed by atoms with Crippen molar-refractivity contribution in [3.05, 3.63) is 24.0 Å². The summed E-state index contributed by atoms with van der Waals surface area (Å²) in [4.78, 5) is 16.8. The molecule has 0 radical (unpaired) electrons. The fourth-order valence-corrected chi connectivity index (χ4v) is 2.09. The summed E-state index contributed by atoms with van der Waals surface area (Å²) in [5, 5.41) is 8.77.